The van der Waals surface area contributed by atoms with E-state index in [1.54, 1.807) is 12.3 Å². The number of carbonyl (C=O) groups is 1. The quantitative estimate of drug-likeness (QED) is 0.904. The van der Waals surface area contributed by atoms with Crippen molar-refractivity contribution in [1.82, 2.24) is 9.97 Å². The average molecular weight is 302 g/mol. The lowest BCUT2D eigenvalue weighted by Gasteiger charge is -2.13. The van der Waals surface area contributed by atoms with Gasteiger partial charge in [-0.2, -0.15) is 0 Å². The zero-order valence-corrected chi connectivity index (χ0v) is 12.3. The Kier molecular flexibility index (Phi) is 3.76. The standard InChI is InChI=1S/C14H14N4O2S/c1-8-6-11(20)9-2-3-15-13(12(9)17-8)10-7-21-14(18-10)16-4-5-19/h2-3,7,19H,4-6H2,1H3,(H,16,18). The summed E-state index contributed by atoms with van der Waals surface area (Å²) in [7, 11) is 0. The van der Waals surface area contributed by atoms with Crippen LogP contribution in [0.5, 0.6) is 0 Å². The number of aliphatic hydroxyl groups is 1. The van der Waals surface area contributed by atoms with Crippen LogP contribution in [0.15, 0.2) is 22.6 Å². The zero-order chi connectivity index (χ0) is 14.8. The number of hydrogen-bond acceptors (Lipinski definition) is 7. The Hall–Kier alpha value is -2.12. The van der Waals surface area contributed by atoms with E-state index in [0.29, 0.717) is 40.7 Å². The molecule has 0 aliphatic carbocycles. The van der Waals surface area contributed by atoms with Gasteiger partial charge in [0, 0.05) is 35.8 Å². The van der Waals surface area contributed by atoms with Crippen molar-refractivity contribution >= 4 is 33.7 Å². The van der Waals surface area contributed by atoms with Gasteiger partial charge in [0.1, 0.15) is 17.1 Å². The maximum atomic E-state index is 12.1. The number of Topliss-reactive ketones (excluding diaryl/α,β-unsaturated/α-hetero) is 1. The van der Waals surface area contributed by atoms with Crippen LogP contribution in [-0.2, 0) is 0 Å². The average Bonchev–Trinajstić information content (AvgIpc) is 2.93. The summed E-state index contributed by atoms with van der Waals surface area (Å²) in [6, 6.07) is 1.70. The number of fused-ring (bicyclic) bond motifs is 1. The van der Waals surface area contributed by atoms with Crippen LogP contribution in [-0.4, -0.2) is 39.7 Å². The predicted molar refractivity (Wildman–Crippen MR) is 82.6 cm³/mol. The second-order valence-corrected chi connectivity index (χ2v) is 5.55. The highest BCUT2D eigenvalue weighted by molar-refractivity contribution is 7.14. The third-order valence-electron chi connectivity index (χ3n) is 3.08. The van der Waals surface area contributed by atoms with Gasteiger partial charge in [0.05, 0.1) is 6.61 Å². The maximum Gasteiger partial charge on any atom is 0.183 e. The summed E-state index contributed by atoms with van der Waals surface area (Å²) < 4.78 is 0. The third-order valence-corrected chi connectivity index (χ3v) is 3.88. The van der Waals surface area contributed by atoms with Crippen molar-refractivity contribution in [3.8, 4) is 11.4 Å². The Morgan fingerprint density at radius 2 is 2.33 bits per heavy atom. The first kappa shape index (κ1) is 13.8. The number of hydrogen-bond donors (Lipinski definition) is 2. The Bertz CT molecular complexity index is 724. The van der Waals surface area contributed by atoms with Gasteiger partial charge >= 0.3 is 0 Å². The molecule has 0 saturated heterocycles. The third kappa shape index (κ3) is 2.70. The van der Waals surface area contributed by atoms with Crippen LogP contribution in [0.25, 0.3) is 11.4 Å². The molecule has 2 aromatic rings. The summed E-state index contributed by atoms with van der Waals surface area (Å²) in [5, 5.41) is 14.4. The number of nitrogens with one attached hydrogen (secondary N) is 1. The first-order valence-corrected chi connectivity index (χ1v) is 7.44. The Morgan fingerprint density at radius 1 is 1.48 bits per heavy atom. The number of nitrogens with zero attached hydrogens (tertiary/aromatic N) is 3. The first-order chi connectivity index (χ1) is 10.2. The minimum atomic E-state index is 0.0475. The lowest BCUT2D eigenvalue weighted by molar-refractivity contribution is 0.0999. The molecule has 108 valence electrons. The topological polar surface area (TPSA) is 87.5 Å². The minimum Gasteiger partial charge on any atom is -0.395 e. The molecule has 3 heterocycles. The number of aliphatic hydroxyl groups excluding tert-OH is 1. The van der Waals surface area contributed by atoms with Gasteiger partial charge in [0.15, 0.2) is 10.9 Å². The first-order valence-electron chi connectivity index (χ1n) is 6.56. The van der Waals surface area contributed by atoms with E-state index in [-0.39, 0.29) is 12.4 Å². The molecule has 0 spiro atoms. The molecular formula is C14H14N4O2S. The predicted octanol–water partition coefficient (Wildman–Crippen LogP) is 2.29. The molecule has 0 saturated carbocycles. The molecule has 21 heavy (non-hydrogen) atoms. The van der Waals surface area contributed by atoms with Crippen molar-refractivity contribution in [1.29, 1.82) is 0 Å². The summed E-state index contributed by atoms with van der Waals surface area (Å²) in [5.41, 5.74) is 3.29. The number of anilines is 1. The Balaban J connectivity index is 2.02. The number of aromatic nitrogens is 2. The van der Waals surface area contributed by atoms with E-state index in [1.807, 2.05) is 12.3 Å². The number of rotatable bonds is 4. The molecule has 0 atom stereocenters. The summed E-state index contributed by atoms with van der Waals surface area (Å²) in [6.07, 6.45) is 1.97. The highest BCUT2D eigenvalue weighted by Gasteiger charge is 2.22. The fourth-order valence-electron chi connectivity index (χ4n) is 2.16. The van der Waals surface area contributed by atoms with Crippen LogP contribution in [0.4, 0.5) is 10.8 Å². The molecule has 2 N–H and O–H groups in total. The summed E-state index contributed by atoms with van der Waals surface area (Å²) >= 11 is 1.43. The van der Waals surface area contributed by atoms with Crippen molar-refractivity contribution in [2.45, 2.75) is 13.3 Å². The van der Waals surface area contributed by atoms with Crippen molar-refractivity contribution in [3.63, 3.8) is 0 Å². The number of thiazole rings is 1. The van der Waals surface area contributed by atoms with E-state index in [9.17, 15) is 4.79 Å². The van der Waals surface area contributed by atoms with Gasteiger partial charge in [-0.3, -0.25) is 14.8 Å². The highest BCUT2D eigenvalue weighted by Crippen LogP contribution is 2.36. The van der Waals surface area contributed by atoms with Crippen LogP contribution in [0, 0.1) is 0 Å². The molecule has 1 aliphatic rings. The fourth-order valence-corrected chi connectivity index (χ4v) is 2.89. The Morgan fingerprint density at radius 3 is 3.14 bits per heavy atom. The lowest BCUT2D eigenvalue weighted by atomic mass is 10.00. The highest BCUT2D eigenvalue weighted by atomic mass is 32.1. The van der Waals surface area contributed by atoms with E-state index in [0.717, 1.165) is 5.71 Å². The van der Waals surface area contributed by atoms with Crippen LogP contribution in [0.1, 0.15) is 23.7 Å². The van der Waals surface area contributed by atoms with Gasteiger partial charge in [0.25, 0.3) is 0 Å². The second-order valence-electron chi connectivity index (χ2n) is 4.69. The summed E-state index contributed by atoms with van der Waals surface area (Å²) in [4.78, 5) is 25.3. The molecule has 7 heteroatoms. The van der Waals surface area contributed by atoms with E-state index < -0.39 is 0 Å². The summed E-state index contributed by atoms with van der Waals surface area (Å²) in [5.74, 6) is 0.0648. The van der Waals surface area contributed by atoms with Crippen LogP contribution in [0.3, 0.4) is 0 Å². The van der Waals surface area contributed by atoms with Gasteiger partial charge in [-0.05, 0) is 13.0 Å². The lowest BCUT2D eigenvalue weighted by Crippen LogP contribution is -2.11. The SMILES string of the molecule is CC1=Nc2c(ccnc2-c2csc(NCCO)n2)C(=O)C1. The van der Waals surface area contributed by atoms with Gasteiger partial charge in [0.2, 0.25) is 0 Å². The van der Waals surface area contributed by atoms with Crippen molar-refractivity contribution in [2.24, 2.45) is 4.99 Å². The monoisotopic (exact) mass is 302 g/mol. The molecule has 2 aromatic heterocycles. The molecule has 0 radical (unpaired) electrons. The van der Waals surface area contributed by atoms with Gasteiger partial charge in [-0.25, -0.2) is 4.98 Å². The van der Waals surface area contributed by atoms with E-state index in [2.05, 4.69) is 20.3 Å². The number of pyridine rings is 1. The molecule has 3 rings (SSSR count). The molecule has 0 aromatic carbocycles. The minimum absolute atomic E-state index is 0.0475. The maximum absolute atomic E-state index is 12.1. The number of ketones is 1. The van der Waals surface area contributed by atoms with Gasteiger partial charge in [-0.1, -0.05) is 0 Å². The Labute approximate surface area is 125 Å². The molecule has 0 unspecified atom stereocenters. The van der Waals surface area contributed by atoms with Crippen LogP contribution >= 0.6 is 11.3 Å². The second kappa shape index (κ2) is 5.71. The van der Waals surface area contributed by atoms with Crippen LogP contribution in [0.2, 0.25) is 0 Å². The molecule has 6 nitrogen and oxygen atoms in total. The number of carbonyl (C=O) groups excluding carboxylic acids is 1. The smallest absolute Gasteiger partial charge is 0.183 e. The molecule has 0 bridgehead atoms. The van der Waals surface area contributed by atoms with E-state index in [1.165, 1.54) is 11.3 Å². The molecule has 0 amide bonds. The van der Waals surface area contributed by atoms with Crippen LogP contribution < -0.4 is 5.32 Å². The zero-order valence-electron chi connectivity index (χ0n) is 11.5. The largest absolute Gasteiger partial charge is 0.395 e. The van der Waals surface area contributed by atoms with Crippen molar-refractivity contribution in [3.05, 3.63) is 23.2 Å². The fraction of sp³-hybridized carbons (Fsp3) is 0.286. The molecular weight excluding hydrogens is 288 g/mol. The molecule has 1 aliphatic heterocycles. The van der Waals surface area contributed by atoms with E-state index in [4.69, 9.17) is 5.11 Å². The number of aliphatic imine (C=N–C) groups is 1. The normalized spacial score (nSPS) is 13.8. The van der Waals surface area contributed by atoms with Crippen molar-refractivity contribution < 1.29 is 9.90 Å². The summed E-state index contributed by atoms with van der Waals surface area (Å²) in [6.45, 7) is 2.34. The van der Waals surface area contributed by atoms with Crippen molar-refractivity contribution in [2.75, 3.05) is 18.5 Å². The molecule has 0 fully saturated rings. The van der Waals surface area contributed by atoms with Gasteiger partial charge < -0.3 is 10.4 Å². The van der Waals surface area contributed by atoms with Gasteiger partial charge in [-0.15, -0.1) is 11.3 Å². The van der Waals surface area contributed by atoms with E-state index >= 15 is 0 Å².